The number of carbonyl (C=O) groups excluding carboxylic acids is 1. The van der Waals surface area contributed by atoms with Crippen LogP contribution in [0.5, 0.6) is 0 Å². The fraction of sp³-hybridized carbons (Fsp3) is 0.360. The van der Waals surface area contributed by atoms with Gasteiger partial charge < -0.3 is 9.88 Å². The molecule has 1 saturated carbocycles. The van der Waals surface area contributed by atoms with Crippen molar-refractivity contribution in [3.63, 3.8) is 0 Å². The molecule has 2 aromatic carbocycles. The van der Waals surface area contributed by atoms with E-state index >= 15 is 0 Å². The third-order valence-electron chi connectivity index (χ3n) is 6.80. The van der Waals surface area contributed by atoms with Crippen molar-refractivity contribution in [3.05, 3.63) is 64.6 Å². The molecule has 2 N–H and O–H groups in total. The number of aryl methyl sites for hydroxylation is 1. The highest BCUT2D eigenvalue weighted by atomic mass is 16.2. The van der Waals surface area contributed by atoms with Gasteiger partial charge in [-0.25, -0.2) is 19.4 Å². The SMILES string of the molecule is Cc1nc2ccc(-c3ccc(-n4c(CC5CCN(C(=O)C6CC6)C5)n[nH]c4=O)cc3)cc2[nH]1. The van der Waals surface area contributed by atoms with Gasteiger partial charge in [0.1, 0.15) is 11.6 Å². The van der Waals surface area contributed by atoms with Gasteiger partial charge in [-0.3, -0.25) is 4.79 Å². The highest BCUT2D eigenvalue weighted by Gasteiger charge is 2.36. The van der Waals surface area contributed by atoms with Gasteiger partial charge in [-0.1, -0.05) is 18.2 Å². The van der Waals surface area contributed by atoms with Crippen LogP contribution in [0.15, 0.2) is 47.3 Å². The summed E-state index contributed by atoms with van der Waals surface area (Å²) in [5.41, 5.74) is 4.66. The molecule has 1 atom stereocenters. The lowest BCUT2D eigenvalue weighted by atomic mass is 10.0. The molecule has 3 heterocycles. The molecule has 8 heteroatoms. The standard InChI is InChI=1S/C25H26N6O2/c1-15-26-21-9-6-19(13-22(21)27-15)17-4-7-20(8-5-17)31-23(28-29-25(31)33)12-16-10-11-30(14-16)24(32)18-2-3-18/h4-9,13,16,18H,2-3,10-12,14H2,1H3,(H,26,27)(H,29,33). The Labute approximate surface area is 190 Å². The van der Waals surface area contributed by atoms with Crippen LogP contribution in [0.4, 0.5) is 0 Å². The van der Waals surface area contributed by atoms with E-state index < -0.39 is 0 Å². The first-order valence-corrected chi connectivity index (χ1v) is 11.6. The van der Waals surface area contributed by atoms with Crippen molar-refractivity contribution in [3.8, 4) is 16.8 Å². The summed E-state index contributed by atoms with van der Waals surface area (Å²) in [7, 11) is 0. The van der Waals surface area contributed by atoms with E-state index in [4.69, 9.17) is 0 Å². The molecule has 1 amide bonds. The summed E-state index contributed by atoms with van der Waals surface area (Å²) in [5.74, 6) is 2.49. The predicted molar refractivity (Wildman–Crippen MR) is 125 cm³/mol. The van der Waals surface area contributed by atoms with Gasteiger partial charge in [-0.05, 0) is 67.5 Å². The molecule has 2 fully saturated rings. The second kappa shape index (κ2) is 7.72. The van der Waals surface area contributed by atoms with Crippen LogP contribution < -0.4 is 5.69 Å². The fourth-order valence-electron chi connectivity index (χ4n) is 4.90. The average molecular weight is 443 g/mol. The molecule has 0 radical (unpaired) electrons. The van der Waals surface area contributed by atoms with Gasteiger partial charge >= 0.3 is 5.69 Å². The highest BCUT2D eigenvalue weighted by molar-refractivity contribution is 5.82. The Morgan fingerprint density at radius 1 is 1.09 bits per heavy atom. The zero-order chi connectivity index (χ0) is 22.5. The molecule has 2 aliphatic rings. The Morgan fingerprint density at radius 3 is 2.67 bits per heavy atom. The number of amides is 1. The van der Waals surface area contributed by atoms with Crippen molar-refractivity contribution in [1.82, 2.24) is 29.6 Å². The first-order chi connectivity index (χ1) is 16.0. The Kier molecular flexibility index (Phi) is 4.67. The summed E-state index contributed by atoms with van der Waals surface area (Å²) in [6.07, 6.45) is 3.69. The molecule has 1 saturated heterocycles. The lowest BCUT2D eigenvalue weighted by Crippen LogP contribution is -2.30. The fourth-order valence-corrected chi connectivity index (χ4v) is 4.90. The molecule has 4 aromatic rings. The van der Waals surface area contributed by atoms with Gasteiger partial charge in [0.2, 0.25) is 5.91 Å². The molecular weight excluding hydrogens is 416 g/mol. The number of hydrogen-bond acceptors (Lipinski definition) is 4. The number of aromatic nitrogens is 5. The van der Waals surface area contributed by atoms with Gasteiger partial charge in [0.05, 0.1) is 16.7 Å². The van der Waals surface area contributed by atoms with E-state index in [1.54, 1.807) is 4.57 Å². The van der Waals surface area contributed by atoms with Crippen LogP contribution in [-0.4, -0.2) is 48.6 Å². The summed E-state index contributed by atoms with van der Waals surface area (Å²) < 4.78 is 1.65. The number of likely N-dealkylation sites (tertiary alicyclic amines) is 1. The summed E-state index contributed by atoms with van der Waals surface area (Å²) >= 11 is 0. The van der Waals surface area contributed by atoms with Crippen LogP contribution >= 0.6 is 0 Å². The Hall–Kier alpha value is -3.68. The molecule has 1 aliphatic carbocycles. The van der Waals surface area contributed by atoms with Crippen LogP contribution in [-0.2, 0) is 11.2 Å². The van der Waals surface area contributed by atoms with Crippen molar-refractivity contribution >= 4 is 16.9 Å². The van der Waals surface area contributed by atoms with E-state index in [0.717, 1.165) is 66.0 Å². The largest absolute Gasteiger partial charge is 0.347 e. The van der Waals surface area contributed by atoms with Crippen molar-refractivity contribution in [2.75, 3.05) is 13.1 Å². The Bertz CT molecular complexity index is 1390. The van der Waals surface area contributed by atoms with Gasteiger partial charge in [0.15, 0.2) is 0 Å². The van der Waals surface area contributed by atoms with E-state index in [1.807, 2.05) is 42.2 Å². The molecule has 1 unspecified atom stereocenters. The zero-order valence-electron chi connectivity index (χ0n) is 18.5. The average Bonchev–Trinajstić information content (AvgIpc) is 3.28. The summed E-state index contributed by atoms with van der Waals surface area (Å²) in [5, 5.41) is 6.91. The molecule has 8 nitrogen and oxygen atoms in total. The van der Waals surface area contributed by atoms with Gasteiger partial charge in [-0.15, -0.1) is 0 Å². The molecule has 0 spiro atoms. The zero-order valence-corrected chi connectivity index (χ0v) is 18.5. The summed E-state index contributed by atoms with van der Waals surface area (Å²) in [6.45, 7) is 3.51. The normalized spacial score (nSPS) is 18.3. The summed E-state index contributed by atoms with van der Waals surface area (Å²) in [6, 6.07) is 14.1. The van der Waals surface area contributed by atoms with Crippen LogP contribution in [0, 0.1) is 18.8 Å². The number of H-pyrrole nitrogens is 2. The van der Waals surface area contributed by atoms with E-state index in [0.29, 0.717) is 24.1 Å². The topological polar surface area (TPSA) is 99.7 Å². The minimum Gasteiger partial charge on any atom is -0.342 e. The monoisotopic (exact) mass is 442 g/mol. The van der Waals surface area contributed by atoms with Crippen LogP contribution in [0.1, 0.15) is 30.9 Å². The third-order valence-corrected chi connectivity index (χ3v) is 6.80. The van der Waals surface area contributed by atoms with E-state index in [2.05, 4.69) is 32.3 Å². The number of nitrogens with one attached hydrogen (secondary N) is 2. The minimum atomic E-state index is -0.240. The second-order valence-electron chi connectivity index (χ2n) is 9.30. The molecule has 6 rings (SSSR count). The van der Waals surface area contributed by atoms with Crippen LogP contribution in [0.2, 0.25) is 0 Å². The molecule has 0 bridgehead atoms. The Morgan fingerprint density at radius 2 is 1.88 bits per heavy atom. The maximum Gasteiger partial charge on any atom is 0.347 e. The smallest absolute Gasteiger partial charge is 0.342 e. The van der Waals surface area contributed by atoms with E-state index in [-0.39, 0.29) is 11.6 Å². The van der Waals surface area contributed by atoms with Gasteiger partial charge in [0, 0.05) is 25.4 Å². The van der Waals surface area contributed by atoms with Crippen molar-refractivity contribution in [1.29, 1.82) is 0 Å². The first kappa shape index (κ1) is 20.0. The summed E-state index contributed by atoms with van der Waals surface area (Å²) in [4.78, 5) is 34.6. The number of rotatable bonds is 5. The van der Waals surface area contributed by atoms with Gasteiger partial charge in [-0.2, -0.15) is 5.10 Å². The quantitative estimate of drug-likeness (QED) is 0.496. The molecule has 2 aromatic heterocycles. The van der Waals surface area contributed by atoms with Crippen molar-refractivity contribution in [2.45, 2.75) is 32.6 Å². The lowest BCUT2D eigenvalue weighted by Gasteiger charge is -2.16. The maximum atomic E-state index is 12.6. The van der Waals surface area contributed by atoms with Crippen LogP contribution in [0.25, 0.3) is 27.8 Å². The van der Waals surface area contributed by atoms with Crippen molar-refractivity contribution < 1.29 is 4.79 Å². The molecule has 33 heavy (non-hydrogen) atoms. The minimum absolute atomic E-state index is 0.240. The number of fused-ring (bicyclic) bond motifs is 1. The molecule has 1 aliphatic heterocycles. The Balaban J connectivity index is 1.22. The van der Waals surface area contributed by atoms with E-state index in [9.17, 15) is 9.59 Å². The molecule has 168 valence electrons. The van der Waals surface area contributed by atoms with Crippen LogP contribution in [0.3, 0.4) is 0 Å². The third kappa shape index (κ3) is 3.75. The lowest BCUT2D eigenvalue weighted by molar-refractivity contribution is -0.131. The maximum absolute atomic E-state index is 12.6. The van der Waals surface area contributed by atoms with Crippen molar-refractivity contribution in [2.24, 2.45) is 11.8 Å². The number of hydrogen-bond donors (Lipinski definition) is 2. The number of aromatic amines is 2. The number of nitrogens with zero attached hydrogens (tertiary/aromatic N) is 4. The van der Waals surface area contributed by atoms with E-state index in [1.165, 1.54) is 0 Å². The second-order valence-corrected chi connectivity index (χ2v) is 9.30. The molecular formula is C25H26N6O2. The first-order valence-electron chi connectivity index (χ1n) is 11.6. The van der Waals surface area contributed by atoms with Gasteiger partial charge in [0.25, 0.3) is 0 Å². The predicted octanol–water partition coefficient (Wildman–Crippen LogP) is 3.21. The highest BCUT2D eigenvalue weighted by Crippen LogP contribution is 2.33. The number of carbonyl (C=O) groups is 1. The number of imidazole rings is 1. The number of benzene rings is 2.